The molecular weight excluding hydrogens is 1010 g/mol. The molecule has 0 aliphatic rings. The second kappa shape index (κ2) is 17.2. The minimum absolute atomic E-state index is 0.979. The first-order valence-electron chi connectivity index (χ1n) is 28.5. The maximum Gasteiger partial charge on any atom is 0.0651 e. The van der Waals surface area contributed by atoms with E-state index in [9.17, 15) is 0 Å². The summed E-state index contributed by atoms with van der Waals surface area (Å²) in [4.78, 5) is 0. The molecule has 6 heteroatoms. The van der Waals surface area contributed by atoms with Gasteiger partial charge in [0.05, 0.1) is 71.9 Å². The Balaban J connectivity index is 0.966. The van der Waals surface area contributed by atoms with Gasteiger partial charge < -0.3 is 27.4 Å². The number of benzene rings is 12. The molecule has 18 aromatic rings. The molecule has 18 rings (SSSR count). The zero-order valence-corrected chi connectivity index (χ0v) is 45.4. The molecule has 0 aliphatic heterocycles. The van der Waals surface area contributed by atoms with E-state index in [4.69, 9.17) is 6.58 Å². The molecule has 0 radical (unpaired) electrons. The largest absolute Gasteiger partial charge is 0.311 e. The molecule has 0 unspecified atom stereocenters. The van der Waals surface area contributed by atoms with Crippen LogP contribution in [0.4, 0.5) is 0 Å². The minimum Gasteiger partial charge on any atom is -0.311 e. The number of rotatable bonds is 7. The fourth-order valence-electron chi connectivity index (χ4n) is 14.5. The highest BCUT2D eigenvalue weighted by Gasteiger charge is 2.24. The number of hydrogen-bond acceptors (Lipinski definition) is 0. The summed E-state index contributed by atoms with van der Waals surface area (Å²) >= 11 is 0. The van der Waals surface area contributed by atoms with Crippen molar-refractivity contribution in [3.8, 4) is 22.7 Å². The van der Waals surface area contributed by atoms with Crippen LogP contribution < -0.4 is 0 Å². The van der Waals surface area contributed by atoms with Crippen LogP contribution in [0.5, 0.6) is 0 Å². The number of para-hydroxylation sites is 8. The zero-order valence-electron chi connectivity index (χ0n) is 45.4. The van der Waals surface area contributed by atoms with Crippen LogP contribution in [0.3, 0.4) is 0 Å². The highest BCUT2D eigenvalue weighted by molar-refractivity contribution is 6.18. The van der Waals surface area contributed by atoms with Crippen molar-refractivity contribution in [3.05, 3.63) is 280 Å². The van der Waals surface area contributed by atoms with Gasteiger partial charge in [0.2, 0.25) is 0 Å². The molecule has 0 atom stereocenters. The molecule has 0 saturated carbocycles. The van der Waals surface area contributed by atoms with E-state index in [0.717, 1.165) is 67.0 Å². The molecule has 0 fully saturated rings. The number of nitrogens with zero attached hydrogens (tertiary/aromatic N) is 6. The number of allylic oxidation sites excluding steroid dienone is 3. The lowest BCUT2D eigenvalue weighted by Gasteiger charge is -2.18. The molecule has 388 valence electrons. The van der Waals surface area contributed by atoms with Crippen molar-refractivity contribution in [1.29, 1.82) is 0 Å². The molecule has 12 aromatic carbocycles. The van der Waals surface area contributed by atoms with Gasteiger partial charge in [-0.25, -0.2) is 0 Å². The summed E-state index contributed by atoms with van der Waals surface area (Å²) in [6.07, 6.45) is 2.08. The van der Waals surface area contributed by atoms with Gasteiger partial charge in [-0.2, -0.15) is 0 Å². The van der Waals surface area contributed by atoms with Crippen LogP contribution in [0.1, 0.15) is 6.92 Å². The first kappa shape index (κ1) is 45.7. The lowest BCUT2D eigenvalue weighted by molar-refractivity contribution is 1.13. The molecule has 83 heavy (non-hydrogen) atoms. The predicted octanol–water partition coefficient (Wildman–Crippen LogP) is 20.3. The third-order valence-corrected chi connectivity index (χ3v) is 18.0. The van der Waals surface area contributed by atoms with E-state index in [-0.39, 0.29) is 0 Å². The summed E-state index contributed by atoms with van der Waals surface area (Å²) in [7, 11) is 0. The topological polar surface area (TPSA) is 29.6 Å². The molecule has 6 aromatic heterocycles. The van der Waals surface area contributed by atoms with Gasteiger partial charge in [0, 0.05) is 93.1 Å². The minimum atomic E-state index is 0.979. The first-order chi connectivity index (χ1) is 41.1. The highest BCUT2D eigenvalue weighted by Crippen LogP contribution is 2.44. The molecule has 0 saturated heterocycles. The average Bonchev–Trinajstić information content (AvgIpc) is 4.50. The number of hydrogen-bond donors (Lipinski definition) is 0. The van der Waals surface area contributed by atoms with Crippen molar-refractivity contribution in [2.75, 3.05) is 0 Å². The van der Waals surface area contributed by atoms with Crippen molar-refractivity contribution in [3.63, 3.8) is 0 Å². The number of aromatic nitrogens is 6. The normalized spacial score (nSPS) is 12.6. The summed E-state index contributed by atoms with van der Waals surface area (Å²) in [6, 6.07) is 98.4. The van der Waals surface area contributed by atoms with Crippen LogP contribution in [0.2, 0.25) is 0 Å². The SMILES string of the molecule is C=C/C(=C(\C)n1c2cc(-n3c4ccccc4c4ccccc43)ccc2c2ccc(-n3c4ccccc4c4ccccc43)cc21)n1c2cc(-n3c4ccccc4c4ccccc43)ccc2c2ccc(-n3c4ccccc4c4ccccc43)cc21. The monoisotopic (exact) mass is 1060 g/mol. The van der Waals surface area contributed by atoms with E-state index in [2.05, 4.69) is 307 Å². The van der Waals surface area contributed by atoms with E-state index in [0.29, 0.717) is 0 Å². The van der Waals surface area contributed by atoms with Crippen LogP contribution in [0.15, 0.2) is 280 Å². The second-order valence-corrected chi connectivity index (χ2v) is 22.1. The summed E-state index contributed by atoms with van der Waals surface area (Å²) in [5.41, 5.74) is 20.1. The maximum absolute atomic E-state index is 4.77. The molecule has 6 nitrogen and oxygen atoms in total. The van der Waals surface area contributed by atoms with Crippen molar-refractivity contribution < 1.29 is 0 Å². The predicted molar refractivity (Wildman–Crippen MR) is 352 cm³/mol. The van der Waals surface area contributed by atoms with E-state index in [1.807, 2.05) is 0 Å². The van der Waals surface area contributed by atoms with Gasteiger partial charge in [-0.15, -0.1) is 0 Å². The molecule has 6 heterocycles. The van der Waals surface area contributed by atoms with E-state index < -0.39 is 0 Å². The first-order valence-corrected chi connectivity index (χ1v) is 28.5. The van der Waals surface area contributed by atoms with Crippen LogP contribution in [-0.2, 0) is 0 Å². The van der Waals surface area contributed by atoms with Crippen LogP contribution >= 0.6 is 0 Å². The molecule has 0 spiro atoms. The van der Waals surface area contributed by atoms with Gasteiger partial charge in [-0.3, -0.25) is 0 Å². The standard InChI is InChI=1S/C77H50N6/c1-3-65(83-76-46-51(81-70-32-16-8-24-57(70)58-25-9-17-33-71(58)81)38-42-63(76)64-43-39-52(47-77(64)83)82-72-34-18-10-26-59(72)60-27-11-19-35-73(60)82)48(2)78-74-44-49(79-66-28-12-4-20-53(66)54-21-5-13-29-67(54)79)36-40-61(74)62-41-37-50(45-75(62)78)80-68-30-14-6-22-55(68)56-23-7-15-31-69(56)80/h3-47H,1H2,2H3/b65-48-. The van der Waals surface area contributed by atoms with Crippen LogP contribution in [0.25, 0.3) is 165 Å². The molecule has 0 aliphatic carbocycles. The Kier molecular flexibility index (Phi) is 9.49. The van der Waals surface area contributed by atoms with E-state index >= 15 is 0 Å². The van der Waals surface area contributed by atoms with Crippen LogP contribution in [0, 0.1) is 0 Å². The Hall–Kier alpha value is -11.1. The third-order valence-electron chi connectivity index (χ3n) is 18.0. The Bertz CT molecular complexity index is 5300. The fourth-order valence-corrected chi connectivity index (χ4v) is 14.5. The van der Waals surface area contributed by atoms with Crippen LogP contribution in [-0.4, -0.2) is 27.4 Å². The highest BCUT2D eigenvalue weighted by atomic mass is 15.1. The van der Waals surface area contributed by atoms with Gasteiger partial charge in [-0.05, 0) is 110 Å². The Morgan fingerprint density at radius 2 is 0.434 bits per heavy atom. The Morgan fingerprint density at radius 1 is 0.241 bits per heavy atom. The van der Waals surface area contributed by atoms with Gasteiger partial charge in [-0.1, -0.05) is 176 Å². The summed E-state index contributed by atoms with van der Waals surface area (Å²) in [6.45, 7) is 7.07. The van der Waals surface area contributed by atoms with Gasteiger partial charge in [0.15, 0.2) is 0 Å². The second-order valence-electron chi connectivity index (χ2n) is 22.1. The molecule has 0 amide bonds. The summed E-state index contributed by atoms with van der Waals surface area (Å²) in [5.74, 6) is 0. The van der Waals surface area contributed by atoms with Crippen molar-refractivity contribution in [2.24, 2.45) is 0 Å². The maximum atomic E-state index is 4.77. The quantitative estimate of drug-likeness (QED) is 0.142. The zero-order chi connectivity index (χ0) is 54.6. The average molecular weight is 1060 g/mol. The van der Waals surface area contributed by atoms with E-state index in [1.165, 1.54) is 98.0 Å². The van der Waals surface area contributed by atoms with Gasteiger partial charge >= 0.3 is 0 Å². The molecular formula is C77H50N6. The summed E-state index contributed by atoms with van der Waals surface area (Å²) in [5, 5.41) is 14.5. The fraction of sp³-hybridized carbons (Fsp3) is 0.0130. The summed E-state index contributed by atoms with van der Waals surface area (Å²) < 4.78 is 14.7. The number of fused-ring (bicyclic) bond motifs is 18. The van der Waals surface area contributed by atoms with Crippen molar-refractivity contribution in [1.82, 2.24) is 27.4 Å². The Labute approximate surface area is 476 Å². The molecule has 0 bridgehead atoms. The lowest BCUT2D eigenvalue weighted by atomic mass is 10.1. The van der Waals surface area contributed by atoms with E-state index in [1.54, 1.807) is 0 Å². The smallest absolute Gasteiger partial charge is 0.0651 e. The third kappa shape index (κ3) is 6.32. The Morgan fingerprint density at radius 3 is 0.651 bits per heavy atom. The van der Waals surface area contributed by atoms with Gasteiger partial charge in [0.25, 0.3) is 0 Å². The van der Waals surface area contributed by atoms with Crippen molar-refractivity contribution >= 4 is 142 Å². The van der Waals surface area contributed by atoms with Crippen molar-refractivity contribution in [2.45, 2.75) is 6.92 Å². The van der Waals surface area contributed by atoms with Gasteiger partial charge in [0.1, 0.15) is 0 Å². The lowest BCUT2D eigenvalue weighted by Crippen LogP contribution is -2.04. The molecule has 0 N–H and O–H groups in total.